The van der Waals surface area contributed by atoms with Crippen LogP contribution in [0.1, 0.15) is 38.8 Å². The van der Waals surface area contributed by atoms with E-state index in [2.05, 4.69) is 16.0 Å². The molecule has 0 saturated carbocycles. The Morgan fingerprint density at radius 3 is 1.91 bits per heavy atom. The maximum atomic E-state index is 13.1. The number of hydrogen-bond donors (Lipinski definition) is 4. The van der Waals surface area contributed by atoms with Crippen molar-refractivity contribution in [2.45, 2.75) is 52.9 Å². The molecule has 0 saturated heterocycles. The highest BCUT2D eigenvalue weighted by atomic mass is 16.5. The molecule has 188 valence electrons. The molecular formula is C26H33N3O6. The van der Waals surface area contributed by atoms with Gasteiger partial charge in [-0.3, -0.25) is 14.4 Å². The Bertz CT molecular complexity index is 1000. The maximum Gasteiger partial charge on any atom is 0.408 e. The zero-order valence-corrected chi connectivity index (χ0v) is 20.4. The number of nitrogens with one attached hydrogen (secondary N) is 3. The molecule has 0 aliphatic heterocycles. The van der Waals surface area contributed by atoms with Gasteiger partial charge in [-0.25, -0.2) is 4.79 Å². The largest absolute Gasteiger partial charge is 0.481 e. The van der Waals surface area contributed by atoms with Crippen molar-refractivity contribution in [1.82, 2.24) is 16.0 Å². The Kier molecular flexibility index (Phi) is 9.81. The summed E-state index contributed by atoms with van der Waals surface area (Å²) in [6, 6.07) is 16.3. The second-order valence-electron chi connectivity index (χ2n) is 9.27. The van der Waals surface area contributed by atoms with Gasteiger partial charge in [0, 0.05) is 5.41 Å². The van der Waals surface area contributed by atoms with Crippen molar-refractivity contribution in [2.24, 2.45) is 11.3 Å². The van der Waals surface area contributed by atoms with Crippen molar-refractivity contribution < 1.29 is 29.0 Å². The summed E-state index contributed by atoms with van der Waals surface area (Å²) in [5.41, 5.74) is 0.738. The number of carboxylic acid groups (broad SMARTS) is 1. The van der Waals surface area contributed by atoms with Gasteiger partial charge in [-0.1, -0.05) is 81.4 Å². The van der Waals surface area contributed by atoms with E-state index in [9.17, 15) is 24.3 Å². The first-order valence-corrected chi connectivity index (χ1v) is 11.3. The van der Waals surface area contributed by atoms with E-state index in [1.807, 2.05) is 6.07 Å². The van der Waals surface area contributed by atoms with E-state index in [1.54, 1.807) is 82.3 Å². The van der Waals surface area contributed by atoms with Crippen LogP contribution in [0.15, 0.2) is 60.7 Å². The molecule has 0 fully saturated rings. The molecule has 2 aromatic carbocycles. The van der Waals surface area contributed by atoms with Gasteiger partial charge in [0.05, 0.1) is 12.1 Å². The Labute approximate surface area is 205 Å². The SMILES string of the molecule is C[C@@H](NC(=O)[C@@H](NC(=O)OCc1ccccc1)C(Cc1ccccc1)C(=O)O)NC(=O)C(C)(C)C. The molecule has 1 unspecified atom stereocenters. The quantitative estimate of drug-likeness (QED) is 0.384. The lowest BCUT2D eigenvalue weighted by Crippen LogP contribution is -2.58. The first kappa shape index (κ1) is 27.4. The van der Waals surface area contributed by atoms with E-state index in [4.69, 9.17) is 4.74 Å². The van der Waals surface area contributed by atoms with Crippen LogP contribution in [0.2, 0.25) is 0 Å². The lowest BCUT2D eigenvalue weighted by atomic mass is 9.91. The van der Waals surface area contributed by atoms with Crippen molar-refractivity contribution in [3.05, 3.63) is 71.8 Å². The Hall–Kier alpha value is -3.88. The third-order valence-electron chi connectivity index (χ3n) is 5.17. The van der Waals surface area contributed by atoms with Crippen molar-refractivity contribution >= 4 is 23.9 Å². The van der Waals surface area contributed by atoms with Crippen molar-refractivity contribution in [3.8, 4) is 0 Å². The predicted molar refractivity (Wildman–Crippen MR) is 130 cm³/mol. The van der Waals surface area contributed by atoms with E-state index >= 15 is 0 Å². The van der Waals surface area contributed by atoms with E-state index < -0.39 is 41.5 Å². The van der Waals surface area contributed by atoms with Gasteiger partial charge >= 0.3 is 12.1 Å². The second-order valence-corrected chi connectivity index (χ2v) is 9.27. The monoisotopic (exact) mass is 483 g/mol. The highest BCUT2D eigenvalue weighted by molar-refractivity contribution is 5.91. The highest BCUT2D eigenvalue weighted by Gasteiger charge is 2.36. The smallest absolute Gasteiger partial charge is 0.408 e. The maximum absolute atomic E-state index is 13.1. The number of alkyl carbamates (subject to hydrolysis) is 1. The second kappa shape index (κ2) is 12.5. The van der Waals surface area contributed by atoms with Crippen LogP contribution in [-0.2, 0) is 32.1 Å². The molecule has 9 heteroatoms. The average molecular weight is 484 g/mol. The van der Waals surface area contributed by atoms with Crippen LogP contribution in [0.25, 0.3) is 0 Å². The number of aliphatic carboxylic acids is 1. The van der Waals surface area contributed by atoms with E-state index in [0.717, 1.165) is 5.56 Å². The molecule has 0 spiro atoms. The van der Waals surface area contributed by atoms with Crippen LogP contribution in [0.5, 0.6) is 0 Å². The molecule has 0 radical (unpaired) electrons. The van der Waals surface area contributed by atoms with Gasteiger partial charge in [0.1, 0.15) is 12.6 Å². The van der Waals surface area contributed by atoms with Gasteiger partial charge in [0.25, 0.3) is 0 Å². The molecular weight excluding hydrogens is 450 g/mol. The third kappa shape index (κ3) is 9.11. The van der Waals surface area contributed by atoms with Crippen LogP contribution in [0.3, 0.4) is 0 Å². The van der Waals surface area contributed by atoms with Gasteiger partial charge in [-0.2, -0.15) is 0 Å². The molecule has 0 aromatic heterocycles. The van der Waals surface area contributed by atoms with Gasteiger partial charge in [-0.05, 0) is 24.5 Å². The van der Waals surface area contributed by atoms with E-state index in [0.29, 0.717) is 5.56 Å². The molecule has 0 aliphatic rings. The Balaban J connectivity index is 2.18. The minimum absolute atomic E-state index is 0.00401. The first-order chi connectivity index (χ1) is 16.5. The van der Waals surface area contributed by atoms with Crippen molar-refractivity contribution in [3.63, 3.8) is 0 Å². The van der Waals surface area contributed by atoms with Gasteiger partial charge in [-0.15, -0.1) is 0 Å². The van der Waals surface area contributed by atoms with Crippen LogP contribution >= 0.6 is 0 Å². The van der Waals surface area contributed by atoms with Gasteiger partial charge in [0.2, 0.25) is 11.8 Å². The standard InChI is InChI=1S/C26H33N3O6/c1-17(28-24(33)26(2,3)4)27-22(30)21(20(23(31)32)15-18-11-7-5-8-12-18)29-25(34)35-16-19-13-9-6-10-14-19/h5-14,17,20-21H,15-16H2,1-4H3,(H,27,30)(H,28,33)(H,29,34)(H,31,32)/t17-,20?,21-/m0/s1. The number of benzene rings is 2. The number of hydrogen-bond acceptors (Lipinski definition) is 5. The van der Waals surface area contributed by atoms with Crippen LogP contribution in [0.4, 0.5) is 4.79 Å². The molecule has 3 atom stereocenters. The minimum Gasteiger partial charge on any atom is -0.481 e. The van der Waals surface area contributed by atoms with Gasteiger partial charge in [0.15, 0.2) is 0 Å². The molecule has 0 heterocycles. The molecule has 4 N–H and O–H groups in total. The fourth-order valence-electron chi connectivity index (χ4n) is 3.21. The lowest BCUT2D eigenvalue weighted by Gasteiger charge is -2.27. The van der Waals surface area contributed by atoms with Crippen LogP contribution in [0, 0.1) is 11.3 Å². The van der Waals surface area contributed by atoms with Crippen LogP contribution < -0.4 is 16.0 Å². The zero-order valence-electron chi connectivity index (χ0n) is 20.4. The zero-order chi connectivity index (χ0) is 26.0. The van der Waals surface area contributed by atoms with E-state index in [1.165, 1.54) is 0 Å². The van der Waals surface area contributed by atoms with Gasteiger partial charge < -0.3 is 25.8 Å². The van der Waals surface area contributed by atoms with Crippen LogP contribution in [-0.4, -0.2) is 41.2 Å². The summed E-state index contributed by atoms with van der Waals surface area (Å²) < 4.78 is 5.21. The molecule has 9 nitrogen and oxygen atoms in total. The minimum atomic E-state index is -1.45. The van der Waals surface area contributed by atoms with Crippen molar-refractivity contribution in [1.29, 1.82) is 0 Å². The fourth-order valence-corrected chi connectivity index (χ4v) is 3.21. The molecule has 2 aromatic rings. The number of carboxylic acids is 1. The molecule has 35 heavy (non-hydrogen) atoms. The normalized spacial score (nSPS) is 13.6. The number of ether oxygens (including phenoxy) is 1. The molecule has 0 aliphatic carbocycles. The topological polar surface area (TPSA) is 134 Å². The summed E-state index contributed by atoms with van der Waals surface area (Å²) in [5.74, 6) is -3.60. The first-order valence-electron chi connectivity index (χ1n) is 11.3. The molecule has 3 amide bonds. The summed E-state index contributed by atoms with van der Waals surface area (Å²) in [7, 11) is 0. The predicted octanol–water partition coefficient (Wildman–Crippen LogP) is 2.85. The number of amides is 3. The van der Waals surface area contributed by atoms with Crippen molar-refractivity contribution in [2.75, 3.05) is 0 Å². The summed E-state index contributed by atoms with van der Waals surface area (Å²) in [4.78, 5) is 50.1. The average Bonchev–Trinajstić information content (AvgIpc) is 2.80. The number of carbonyl (C=O) groups excluding carboxylic acids is 3. The summed E-state index contributed by atoms with van der Waals surface area (Å²) in [6.07, 6.45) is -1.74. The Morgan fingerprint density at radius 1 is 0.857 bits per heavy atom. The number of carbonyl (C=O) groups is 4. The molecule has 0 bridgehead atoms. The highest BCUT2D eigenvalue weighted by Crippen LogP contribution is 2.16. The molecule has 2 rings (SSSR count). The number of rotatable bonds is 10. The Morgan fingerprint density at radius 2 is 1.40 bits per heavy atom. The summed E-state index contributed by atoms with van der Waals surface area (Å²) >= 11 is 0. The fraction of sp³-hybridized carbons (Fsp3) is 0.385. The third-order valence-corrected chi connectivity index (χ3v) is 5.17. The summed E-state index contributed by atoms with van der Waals surface area (Å²) in [6.45, 7) is 6.69. The van der Waals surface area contributed by atoms with E-state index in [-0.39, 0.29) is 18.9 Å². The lowest BCUT2D eigenvalue weighted by molar-refractivity contribution is -0.145. The summed E-state index contributed by atoms with van der Waals surface area (Å²) in [5, 5.41) is 17.6.